The van der Waals surface area contributed by atoms with Gasteiger partial charge in [0.05, 0.1) is 11.4 Å². The molecule has 1 aromatic heterocycles. The molecule has 0 aliphatic carbocycles. The van der Waals surface area contributed by atoms with E-state index in [2.05, 4.69) is 26.3 Å². The number of halogens is 1. The van der Waals surface area contributed by atoms with E-state index in [-0.39, 0.29) is 11.6 Å². The van der Waals surface area contributed by atoms with Crippen LogP contribution in [0.25, 0.3) is 0 Å². The number of anilines is 1. The fraction of sp³-hybridized carbons (Fsp3) is 0.353. The summed E-state index contributed by atoms with van der Waals surface area (Å²) in [6.07, 6.45) is 2.47. The second-order valence-corrected chi connectivity index (χ2v) is 6.50. The summed E-state index contributed by atoms with van der Waals surface area (Å²) in [5, 5.41) is 7.11. The van der Waals surface area contributed by atoms with E-state index in [0.717, 1.165) is 16.5 Å². The lowest BCUT2D eigenvalue weighted by Gasteiger charge is -2.07. The molecular weight excluding hydrogens is 372 g/mol. The summed E-state index contributed by atoms with van der Waals surface area (Å²) in [7, 11) is 1.65. The molecule has 1 heterocycles. The van der Waals surface area contributed by atoms with Crippen LogP contribution in [0.4, 0.5) is 5.69 Å². The summed E-state index contributed by atoms with van der Waals surface area (Å²) in [5.41, 5.74) is 7.85. The highest BCUT2D eigenvalue weighted by Crippen LogP contribution is 2.22. The predicted octanol–water partition coefficient (Wildman–Crippen LogP) is 2.81. The first-order chi connectivity index (χ1) is 11.4. The van der Waals surface area contributed by atoms with Gasteiger partial charge in [-0.2, -0.15) is 5.10 Å². The van der Waals surface area contributed by atoms with Crippen LogP contribution in [-0.4, -0.2) is 21.6 Å². The molecule has 6 nitrogen and oxygen atoms in total. The number of hydrogen-bond acceptors (Lipinski definition) is 3. The van der Waals surface area contributed by atoms with Gasteiger partial charge in [0, 0.05) is 17.9 Å². The van der Waals surface area contributed by atoms with Crippen molar-refractivity contribution in [2.24, 2.45) is 12.8 Å². The molecule has 0 unspecified atom stereocenters. The van der Waals surface area contributed by atoms with Crippen molar-refractivity contribution < 1.29 is 9.59 Å². The lowest BCUT2D eigenvalue weighted by molar-refractivity contribution is -0.116. The Labute approximate surface area is 149 Å². The molecule has 0 radical (unpaired) electrons. The third-order valence-corrected chi connectivity index (χ3v) is 4.19. The molecule has 24 heavy (non-hydrogen) atoms. The van der Waals surface area contributed by atoms with Crippen molar-refractivity contribution in [3.63, 3.8) is 0 Å². The molecule has 0 bridgehead atoms. The molecule has 2 amide bonds. The average molecular weight is 393 g/mol. The smallest absolute Gasteiger partial charge is 0.269 e. The van der Waals surface area contributed by atoms with E-state index in [1.54, 1.807) is 7.05 Å². The fourth-order valence-corrected chi connectivity index (χ4v) is 2.78. The largest absolute Gasteiger partial charge is 0.364 e. The summed E-state index contributed by atoms with van der Waals surface area (Å²) in [5.74, 6) is -0.763. The van der Waals surface area contributed by atoms with Crippen LogP contribution in [0.3, 0.4) is 0 Å². The number of carbonyl (C=O) groups is 2. The first-order valence-electron chi connectivity index (χ1n) is 7.82. The van der Waals surface area contributed by atoms with Gasteiger partial charge in [-0.15, -0.1) is 0 Å². The molecule has 0 saturated carbocycles. The number of nitrogens with two attached hydrogens (primary N) is 1. The fourth-order valence-electron chi connectivity index (χ4n) is 2.52. The summed E-state index contributed by atoms with van der Waals surface area (Å²) >= 11 is 3.38. The molecule has 2 rings (SSSR count). The molecule has 0 spiro atoms. The second kappa shape index (κ2) is 8.10. The van der Waals surface area contributed by atoms with Crippen molar-refractivity contribution in [2.45, 2.75) is 32.6 Å². The van der Waals surface area contributed by atoms with Crippen LogP contribution in [0.5, 0.6) is 0 Å². The SMILES string of the molecule is CCCc1nn(C)c(C(N)=O)c1NC(=O)CCc1ccc(Br)cc1. The number of nitrogens with one attached hydrogen (secondary N) is 1. The van der Waals surface area contributed by atoms with E-state index < -0.39 is 5.91 Å². The number of rotatable bonds is 7. The Kier molecular flexibility index (Phi) is 6.14. The number of aromatic nitrogens is 2. The number of aryl methyl sites for hydroxylation is 3. The molecule has 2 aromatic rings. The number of hydrogen-bond donors (Lipinski definition) is 2. The Bertz CT molecular complexity index is 738. The second-order valence-electron chi connectivity index (χ2n) is 5.58. The van der Waals surface area contributed by atoms with E-state index >= 15 is 0 Å². The maximum absolute atomic E-state index is 12.3. The minimum absolute atomic E-state index is 0.161. The number of primary amides is 1. The third-order valence-electron chi connectivity index (χ3n) is 3.66. The number of benzene rings is 1. The lowest BCUT2D eigenvalue weighted by Crippen LogP contribution is -2.20. The van der Waals surface area contributed by atoms with Gasteiger partial charge in [0.2, 0.25) is 5.91 Å². The average Bonchev–Trinajstić information content (AvgIpc) is 2.82. The summed E-state index contributed by atoms with van der Waals surface area (Å²) in [6.45, 7) is 2.01. The van der Waals surface area contributed by atoms with E-state index in [4.69, 9.17) is 5.73 Å². The van der Waals surface area contributed by atoms with Crippen molar-refractivity contribution in [3.8, 4) is 0 Å². The molecule has 3 N–H and O–H groups in total. The number of nitrogens with zero attached hydrogens (tertiary/aromatic N) is 2. The van der Waals surface area contributed by atoms with Gasteiger partial charge in [0.25, 0.3) is 5.91 Å². The van der Waals surface area contributed by atoms with E-state index in [1.807, 2.05) is 31.2 Å². The number of carbonyl (C=O) groups excluding carboxylic acids is 2. The van der Waals surface area contributed by atoms with Gasteiger partial charge >= 0.3 is 0 Å². The summed E-state index contributed by atoms with van der Waals surface area (Å²) < 4.78 is 2.43. The van der Waals surface area contributed by atoms with Gasteiger partial charge in [0.1, 0.15) is 5.69 Å². The molecule has 0 atom stereocenters. The van der Waals surface area contributed by atoms with Gasteiger partial charge in [-0.1, -0.05) is 41.4 Å². The highest BCUT2D eigenvalue weighted by molar-refractivity contribution is 9.10. The maximum atomic E-state index is 12.3. The van der Waals surface area contributed by atoms with Crippen LogP contribution in [0.1, 0.15) is 41.5 Å². The van der Waals surface area contributed by atoms with Crippen LogP contribution >= 0.6 is 15.9 Å². The third kappa shape index (κ3) is 4.44. The van der Waals surface area contributed by atoms with Crippen LogP contribution in [0.15, 0.2) is 28.7 Å². The summed E-state index contributed by atoms with van der Waals surface area (Å²) in [6, 6.07) is 7.83. The Morgan fingerprint density at radius 1 is 1.25 bits per heavy atom. The molecule has 0 aliphatic rings. The van der Waals surface area contributed by atoms with Gasteiger partial charge < -0.3 is 11.1 Å². The monoisotopic (exact) mass is 392 g/mol. The van der Waals surface area contributed by atoms with Gasteiger partial charge in [-0.3, -0.25) is 14.3 Å². The van der Waals surface area contributed by atoms with Crippen molar-refractivity contribution >= 4 is 33.4 Å². The highest BCUT2D eigenvalue weighted by Gasteiger charge is 2.21. The standard InChI is InChI=1S/C17H21BrN4O2/c1-3-4-13-15(16(17(19)24)22(2)21-13)20-14(23)10-7-11-5-8-12(18)9-6-11/h5-6,8-9H,3-4,7,10H2,1-2H3,(H2,19,24)(H,20,23). The molecule has 0 saturated heterocycles. The quantitative estimate of drug-likeness (QED) is 0.758. The zero-order chi connectivity index (χ0) is 17.7. The number of amides is 2. The Balaban J connectivity index is 2.10. The zero-order valence-electron chi connectivity index (χ0n) is 13.8. The molecule has 0 fully saturated rings. The van der Waals surface area contributed by atoms with Crippen molar-refractivity contribution in [1.29, 1.82) is 0 Å². The Morgan fingerprint density at radius 3 is 2.50 bits per heavy atom. The molecule has 0 aliphatic heterocycles. The highest BCUT2D eigenvalue weighted by atomic mass is 79.9. The Morgan fingerprint density at radius 2 is 1.92 bits per heavy atom. The van der Waals surface area contributed by atoms with Crippen LogP contribution in [-0.2, 0) is 24.7 Å². The van der Waals surface area contributed by atoms with Crippen LogP contribution in [0.2, 0.25) is 0 Å². The molecule has 1 aromatic carbocycles. The van der Waals surface area contributed by atoms with Gasteiger partial charge in [-0.25, -0.2) is 0 Å². The summed E-state index contributed by atoms with van der Waals surface area (Å²) in [4.78, 5) is 23.9. The van der Waals surface area contributed by atoms with E-state index in [9.17, 15) is 9.59 Å². The predicted molar refractivity (Wildman–Crippen MR) is 96.8 cm³/mol. The minimum Gasteiger partial charge on any atom is -0.364 e. The van der Waals surface area contributed by atoms with Crippen LogP contribution < -0.4 is 11.1 Å². The molecule has 128 valence electrons. The molecule has 7 heteroatoms. The molecular formula is C17H21BrN4O2. The zero-order valence-corrected chi connectivity index (χ0v) is 15.4. The van der Waals surface area contributed by atoms with Crippen molar-refractivity contribution in [2.75, 3.05) is 5.32 Å². The maximum Gasteiger partial charge on any atom is 0.269 e. The van der Waals surface area contributed by atoms with Crippen molar-refractivity contribution in [1.82, 2.24) is 9.78 Å². The minimum atomic E-state index is -0.601. The van der Waals surface area contributed by atoms with E-state index in [0.29, 0.717) is 30.6 Å². The van der Waals surface area contributed by atoms with E-state index in [1.165, 1.54) is 4.68 Å². The van der Waals surface area contributed by atoms with Crippen molar-refractivity contribution in [3.05, 3.63) is 45.7 Å². The Hall–Kier alpha value is -2.15. The normalized spacial score (nSPS) is 10.6. The first-order valence-corrected chi connectivity index (χ1v) is 8.61. The van der Waals surface area contributed by atoms with Crippen LogP contribution in [0, 0.1) is 0 Å². The van der Waals surface area contributed by atoms with Gasteiger partial charge in [-0.05, 0) is 30.5 Å². The lowest BCUT2D eigenvalue weighted by atomic mass is 10.1. The first kappa shape index (κ1) is 18.2. The topological polar surface area (TPSA) is 90.0 Å². The van der Waals surface area contributed by atoms with Gasteiger partial charge in [0.15, 0.2) is 0 Å².